The number of methoxy groups -OCH3 is 2. The van der Waals surface area contributed by atoms with Crippen molar-refractivity contribution in [2.45, 2.75) is 6.92 Å². The fraction of sp³-hybridized carbons (Fsp3) is 0.158. The van der Waals surface area contributed by atoms with E-state index in [0.29, 0.717) is 22.9 Å². The first-order valence-electron chi connectivity index (χ1n) is 7.70. The summed E-state index contributed by atoms with van der Waals surface area (Å²) in [6, 6.07) is 10.5. The first-order valence-corrected chi connectivity index (χ1v) is 8.50. The molecule has 0 fully saturated rings. The Labute approximate surface area is 160 Å². The summed E-state index contributed by atoms with van der Waals surface area (Å²) in [4.78, 5) is 23.5. The van der Waals surface area contributed by atoms with Gasteiger partial charge in [0.1, 0.15) is 11.5 Å². The number of benzene rings is 2. The maximum atomic E-state index is 12.3. The molecule has 2 rings (SSSR count). The van der Waals surface area contributed by atoms with Crippen LogP contribution in [0.2, 0.25) is 0 Å². The van der Waals surface area contributed by atoms with Crippen molar-refractivity contribution in [3.63, 3.8) is 0 Å². The molecule has 2 N–H and O–H groups in total. The molecule has 26 heavy (non-hydrogen) atoms. The zero-order chi connectivity index (χ0) is 19.1. The highest BCUT2D eigenvalue weighted by molar-refractivity contribution is 9.10. The third-order valence-electron chi connectivity index (χ3n) is 3.35. The second-order valence-electron chi connectivity index (χ2n) is 5.34. The van der Waals surface area contributed by atoms with Crippen molar-refractivity contribution in [2.24, 2.45) is 0 Å². The monoisotopic (exact) mass is 418 g/mol. The topological polar surface area (TPSA) is 76.7 Å². The Bertz CT molecular complexity index is 827. The van der Waals surface area contributed by atoms with Crippen molar-refractivity contribution in [3.05, 3.63) is 52.5 Å². The van der Waals surface area contributed by atoms with Crippen molar-refractivity contribution in [1.29, 1.82) is 0 Å². The summed E-state index contributed by atoms with van der Waals surface area (Å²) in [5, 5.41) is 5.43. The second-order valence-corrected chi connectivity index (χ2v) is 6.26. The zero-order valence-corrected chi connectivity index (χ0v) is 16.2. The molecule has 2 aromatic carbocycles. The molecule has 0 spiro atoms. The van der Waals surface area contributed by atoms with Crippen molar-refractivity contribution in [2.75, 3.05) is 24.9 Å². The Balaban J connectivity index is 2.17. The lowest BCUT2D eigenvalue weighted by Gasteiger charge is -2.11. The molecule has 0 bridgehead atoms. The predicted octanol–water partition coefficient (Wildman–Crippen LogP) is 4.08. The quantitative estimate of drug-likeness (QED) is 0.692. The molecule has 136 valence electrons. The first kappa shape index (κ1) is 19.5. The highest BCUT2D eigenvalue weighted by atomic mass is 79.9. The van der Waals surface area contributed by atoms with Crippen LogP contribution in [-0.4, -0.2) is 26.0 Å². The van der Waals surface area contributed by atoms with E-state index in [4.69, 9.17) is 9.47 Å². The van der Waals surface area contributed by atoms with Crippen LogP contribution in [0, 0.1) is 0 Å². The molecular weight excluding hydrogens is 400 g/mol. The van der Waals surface area contributed by atoms with Gasteiger partial charge in [0.2, 0.25) is 11.8 Å². The van der Waals surface area contributed by atoms with Gasteiger partial charge in [-0.25, -0.2) is 0 Å². The molecule has 0 radical (unpaired) electrons. The summed E-state index contributed by atoms with van der Waals surface area (Å²) in [5.41, 5.74) is 1.77. The summed E-state index contributed by atoms with van der Waals surface area (Å²) in [5.74, 6) is 0.701. The van der Waals surface area contributed by atoms with Crippen LogP contribution in [0.3, 0.4) is 0 Å². The Morgan fingerprint density at radius 2 is 1.62 bits per heavy atom. The summed E-state index contributed by atoms with van der Waals surface area (Å²) in [6.45, 7) is 1.41. The Kier molecular flexibility index (Phi) is 6.80. The van der Waals surface area contributed by atoms with E-state index in [1.165, 1.54) is 13.0 Å². The van der Waals surface area contributed by atoms with Crippen LogP contribution < -0.4 is 20.1 Å². The van der Waals surface area contributed by atoms with Crippen LogP contribution >= 0.6 is 15.9 Å². The molecule has 0 aromatic heterocycles. The average molecular weight is 419 g/mol. The van der Waals surface area contributed by atoms with E-state index >= 15 is 0 Å². The number of rotatable bonds is 6. The number of nitrogens with one attached hydrogen (secondary N) is 2. The first-order chi connectivity index (χ1) is 12.4. The van der Waals surface area contributed by atoms with Gasteiger partial charge in [0.05, 0.1) is 25.6 Å². The van der Waals surface area contributed by atoms with E-state index in [2.05, 4.69) is 26.6 Å². The minimum atomic E-state index is -0.337. The van der Waals surface area contributed by atoms with Gasteiger partial charge in [0.25, 0.3) is 0 Å². The van der Waals surface area contributed by atoms with Crippen molar-refractivity contribution < 1.29 is 19.1 Å². The molecule has 2 amide bonds. The van der Waals surface area contributed by atoms with Gasteiger partial charge < -0.3 is 20.1 Å². The van der Waals surface area contributed by atoms with Crippen molar-refractivity contribution in [3.8, 4) is 11.5 Å². The predicted molar refractivity (Wildman–Crippen MR) is 106 cm³/mol. The minimum absolute atomic E-state index is 0.221. The molecular formula is C19H19BrN2O4. The van der Waals surface area contributed by atoms with E-state index in [9.17, 15) is 9.59 Å². The highest BCUT2D eigenvalue weighted by Gasteiger charge is 2.07. The number of carbonyl (C=O) groups is 2. The zero-order valence-electron chi connectivity index (χ0n) is 14.6. The van der Waals surface area contributed by atoms with Gasteiger partial charge in [0.15, 0.2) is 0 Å². The van der Waals surface area contributed by atoms with Crippen LogP contribution in [0.4, 0.5) is 11.4 Å². The van der Waals surface area contributed by atoms with Crippen LogP contribution in [0.15, 0.2) is 46.9 Å². The molecule has 0 saturated carbocycles. The lowest BCUT2D eigenvalue weighted by molar-refractivity contribution is -0.114. The van der Waals surface area contributed by atoms with Gasteiger partial charge in [0, 0.05) is 23.5 Å². The van der Waals surface area contributed by atoms with E-state index in [0.717, 1.165) is 10.0 Å². The summed E-state index contributed by atoms with van der Waals surface area (Å²) in [6.07, 6.45) is 3.04. The Morgan fingerprint density at radius 1 is 0.962 bits per heavy atom. The standard InChI is InChI=1S/C19H19BrN2O4/c1-12(23)21-17-6-5-14(20)10-18(17)22-19(24)7-4-13-8-15(25-2)11-16(9-13)26-3/h4-11H,1-3H3,(H,21,23)(H,22,24). The SMILES string of the molecule is COc1cc(C=CC(=O)Nc2cc(Br)ccc2NC(C)=O)cc(OC)c1. The smallest absolute Gasteiger partial charge is 0.248 e. The summed E-state index contributed by atoms with van der Waals surface area (Å²) >= 11 is 3.35. The van der Waals surface area contributed by atoms with Gasteiger partial charge in [-0.2, -0.15) is 0 Å². The summed E-state index contributed by atoms with van der Waals surface area (Å²) in [7, 11) is 3.12. The van der Waals surface area contributed by atoms with E-state index < -0.39 is 0 Å². The molecule has 0 saturated heterocycles. The third kappa shape index (κ3) is 5.63. The maximum Gasteiger partial charge on any atom is 0.248 e. The molecule has 0 unspecified atom stereocenters. The number of carbonyl (C=O) groups excluding carboxylic acids is 2. The van der Waals surface area contributed by atoms with Crippen LogP contribution in [0.25, 0.3) is 6.08 Å². The second kappa shape index (κ2) is 9.05. The molecule has 0 aliphatic rings. The van der Waals surface area contributed by atoms with Crippen molar-refractivity contribution in [1.82, 2.24) is 0 Å². The molecule has 2 aromatic rings. The molecule has 0 heterocycles. The normalized spacial score (nSPS) is 10.5. The summed E-state index contributed by atoms with van der Waals surface area (Å²) < 4.78 is 11.2. The fourth-order valence-electron chi connectivity index (χ4n) is 2.19. The lowest BCUT2D eigenvalue weighted by atomic mass is 10.2. The molecule has 6 nitrogen and oxygen atoms in total. The van der Waals surface area contributed by atoms with Gasteiger partial charge in [-0.05, 0) is 42.0 Å². The van der Waals surface area contributed by atoms with E-state index in [1.807, 2.05) is 0 Å². The molecule has 0 aliphatic carbocycles. The van der Waals surface area contributed by atoms with Gasteiger partial charge in [-0.15, -0.1) is 0 Å². The third-order valence-corrected chi connectivity index (χ3v) is 3.84. The van der Waals surface area contributed by atoms with Crippen LogP contribution in [-0.2, 0) is 9.59 Å². The largest absolute Gasteiger partial charge is 0.497 e. The Hall–Kier alpha value is -2.80. The fourth-order valence-corrected chi connectivity index (χ4v) is 2.55. The molecule has 7 heteroatoms. The van der Waals surface area contributed by atoms with Gasteiger partial charge >= 0.3 is 0 Å². The lowest BCUT2D eigenvalue weighted by Crippen LogP contribution is -2.13. The van der Waals surface area contributed by atoms with Crippen LogP contribution in [0.5, 0.6) is 11.5 Å². The number of amides is 2. The number of hydrogen-bond acceptors (Lipinski definition) is 4. The molecule has 0 aliphatic heterocycles. The molecule has 0 atom stereocenters. The highest BCUT2D eigenvalue weighted by Crippen LogP contribution is 2.26. The number of anilines is 2. The average Bonchev–Trinajstić information content (AvgIpc) is 2.61. The van der Waals surface area contributed by atoms with Crippen molar-refractivity contribution >= 4 is 45.2 Å². The minimum Gasteiger partial charge on any atom is -0.497 e. The van der Waals surface area contributed by atoms with Gasteiger partial charge in [-0.3, -0.25) is 9.59 Å². The number of hydrogen-bond donors (Lipinski definition) is 2. The Morgan fingerprint density at radius 3 is 2.19 bits per heavy atom. The van der Waals surface area contributed by atoms with Gasteiger partial charge in [-0.1, -0.05) is 15.9 Å². The van der Waals surface area contributed by atoms with E-state index in [1.54, 1.807) is 56.7 Å². The number of halogens is 1. The van der Waals surface area contributed by atoms with E-state index in [-0.39, 0.29) is 11.8 Å². The maximum absolute atomic E-state index is 12.3. The van der Waals surface area contributed by atoms with Crippen LogP contribution in [0.1, 0.15) is 12.5 Å². The number of ether oxygens (including phenoxy) is 2.